The third kappa shape index (κ3) is 3.72. The number of benzene rings is 1. The minimum absolute atomic E-state index is 0.110. The highest BCUT2D eigenvalue weighted by atomic mass is 16.5. The molecule has 0 spiro atoms. The smallest absolute Gasteiger partial charge is 0.220 e. The summed E-state index contributed by atoms with van der Waals surface area (Å²) in [6.45, 7) is 2.88. The average Bonchev–Trinajstić information content (AvgIpc) is 3.19. The zero-order valence-corrected chi connectivity index (χ0v) is 12.3. The number of nitrogens with zero attached hydrogens (tertiary/aromatic N) is 1. The Morgan fingerprint density at radius 3 is 3.05 bits per heavy atom. The van der Waals surface area contributed by atoms with Crippen LogP contribution in [-0.4, -0.2) is 17.6 Å². The van der Waals surface area contributed by atoms with E-state index < -0.39 is 0 Å². The van der Waals surface area contributed by atoms with Gasteiger partial charge in [-0.3, -0.25) is 4.79 Å². The Kier molecular flexibility index (Phi) is 4.04. The Balaban J connectivity index is 1.61. The lowest BCUT2D eigenvalue weighted by Crippen LogP contribution is -2.25. The van der Waals surface area contributed by atoms with Crippen LogP contribution in [0.3, 0.4) is 0 Å². The molecule has 1 aromatic carbocycles. The summed E-state index contributed by atoms with van der Waals surface area (Å²) in [5, 5.41) is 7.07. The lowest BCUT2D eigenvalue weighted by molar-refractivity contribution is -0.121. The average molecular weight is 284 g/mol. The van der Waals surface area contributed by atoms with E-state index in [2.05, 4.69) is 29.5 Å². The first-order valence-corrected chi connectivity index (χ1v) is 7.49. The summed E-state index contributed by atoms with van der Waals surface area (Å²) in [5.41, 5.74) is 4.05. The van der Waals surface area contributed by atoms with E-state index in [1.807, 2.05) is 12.1 Å². The summed E-state index contributed by atoms with van der Waals surface area (Å²) in [6, 6.07) is 8.15. The first kappa shape index (κ1) is 13.9. The highest BCUT2D eigenvalue weighted by Crippen LogP contribution is 2.27. The number of aromatic nitrogens is 1. The minimum Gasteiger partial charge on any atom is -0.364 e. The highest BCUT2D eigenvalue weighted by molar-refractivity contribution is 5.76. The molecule has 3 rings (SSSR count). The maximum atomic E-state index is 11.8. The molecule has 0 aliphatic heterocycles. The number of hydrogen-bond donors (Lipinski definition) is 1. The van der Waals surface area contributed by atoms with Gasteiger partial charge in [-0.2, -0.15) is 0 Å². The van der Waals surface area contributed by atoms with Crippen molar-refractivity contribution in [3.8, 4) is 11.3 Å². The largest absolute Gasteiger partial charge is 0.364 e. The molecule has 1 aliphatic rings. The molecule has 110 valence electrons. The van der Waals surface area contributed by atoms with Gasteiger partial charge in [0, 0.05) is 24.1 Å². The van der Waals surface area contributed by atoms with Crippen molar-refractivity contribution < 1.29 is 9.32 Å². The SMILES string of the molecule is Cc1cccc(-c2nocc2CCC(=O)NCC2CC2)c1. The maximum absolute atomic E-state index is 11.8. The zero-order chi connectivity index (χ0) is 14.7. The predicted molar refractivity (Wildman–Crippen MR) is 80.7 cm³/mol. The molecular weight excluding hydrogens is 264 g/mol. The van der Waals surface area contributed by atoms with E-state index in [0.717, 1.165) is 23.4 Å². The van der Waals surface area contributed by atoms with Crippen LogP contribution in [0.25, 0.3) is 11.3 Å². The Labute approximate surface area is 124 Å². The number of hydrogen-bond acceptors (Lipinski definition) is 3. The number of aryl methyl sites for hydroxylation is 2. The Morgan fingerprint density at radius 2 is 2.29 bits per heavy atom. The van der Waals surface area contributed by atoms with Crippen LogP contribution in [0.2, 0.25) is 0 Å². The molecule has 0 bridgehead atoms. The first-order valence-electron chi connectivity index (χ1n) is 7.49. The van der Waals surface area contributed by atoms with Crippen LogP contribution >= 0.6 is 0 Å². The number of rotatable bonds is 6. The molecule has 4 nitrogen and oxygen atoms in total. The standard InChI is InChI=1S/C17H20N2O2/c1-12-3-2-4-14(9-12)17-15(11-21-19-17)7-8-16(20)18-10-13-5-6-13/h2-4,9,11,13H,5-8,10H2,1H3,(H,18,20). The van der Waals surface area contributed by atoms with Gasteiger partial charge in [-0.15, -0.1) is 0 Å². The molecule has 1 fully saturated rings. The summed E-state index contributed by atoms with van der Waals surface area (Å²) < 4.78 is 5.10. The molecule has 1 aromatic heterocycles. The van der Waals surface area contributed by atoms with Crippen molar-refractivity contribution in [1.82, 2.24) is 10.5 Å². The fourth-order valence-electron chi connectivity index (χ4n) is 2.38. The fraction of sp³-hybridized carbons (Fsp3) is 0.412. The highest BCUT2D eigenvalue weighted by Gasteiger charge is 2.21. The van der Waals surface area contributed by atoms with Gasteiger partial charge in [0.1, 0.15) is 12.0 Å². The summed E-state index contributed by atoms with van der Waals surface area (Å²) in [6.07, 6.45) is 5.29. The van der Waals surface area contributed by atoms with Crippen molar-refractivity contribution in [3.05, 3.63) is 41.7 Å². The molecule has 21 heavy (non-hydrogen) atoms. The van der Waals surface area contributed by atoms with Gasteiger partial charge in [0.15, 0.2) is 0 Å². The third-order valence-electron chi connectivity index (χ3n) is 3.84. The van der Waals surface area contributed by atoms with Crippen LogP contribution in [0.5, 0.6) is 0 Å². The summed E-state index contributed by atoms with van der Waals surface area (Å²) >= 11 is 0. The van der Waals surface area contributed by atoms with E-state index >= 15 is 0 Å². The van der Waals surface area contributed by atoms with Crippen molar-refractivity contribution in [3.63, 3.8) is 0 Å². The number of carbonyl (C=O) groups excluding carboxylic acids is 1. The molecule has 1 saturated carbocycles. The van der Waals surface area contributed by atoms with Gasteiger partial charge < -0.3 is 9.84 Å². The van der Waals surface area contributed by atoms with E-state index in [4.69, 9.17) is 4.52 Å². The van der Waals surface area contributed by atoms with Gasteiger partial charge in [-0.05, 0) is 38.2 Å². The first-order chi connectivity index (χ1) is 10.2. The summed E-state index contributed by atoms with van der Waals surface area (Å²) in [7, 11) is 0. The van der Waals surface area contributed by atoms with Crippen LogP contribution in [0.1, 0.15) is 30.4 Å². The molecule has 0 atom stereocenters. The lowest BCUT2D eigenvalue weighted by atomic mass is 10.0. The second-order valence-electron chi connectivity index (χ2n) is 5.81. The van der Waals surface area contributed by atoms with Gasteiger partial charge in [0.25, 0.3) is 0 Å². The quantitative estimate of drug-likeness (QED) is 0.886. The fourth-order valence-corrected chi connectivity index (χ4v) is 2.38. The van der Waals surface area contributed by atoms with Crippen LogP contribution in [0, 0.1) is 12.8 Å². The Bertz CT molecular complexity index is 629. The van der Waals surface area contributed by atoms with Crippen molar-refractivity contribution in [2.75, 3.05) is 6.54 Å². The van der Waals surface area contributed by atoms with E-state index in [1.54, 1.807) is 6.26 Å². The van der Waals surface area contributed by atoms with Crippen LogP contribution in [0.15, 0.2) is 35.1 Å². The zero-order valence-electron chi connectivity index (χ0n) is 12.3. The molecule has 0 unspecified atom stereocenters. The molecule has 0 saturated heterocycles. The van der Waals surface area contributed by atoms with Crippen molar-refractivity contribution >= 4 is 5.91 Å². The van der Waals surface area contributed by atoms with E-state index in [1.165, 1.54) is 18.4 Å². The molecule has 0 radical (unpaired) electrons. The Hall–Kier alpha value is -2.10. The van der Waals surface area contributed by atoms with Gasteiger partial charge in [-0.1, -0.05) is 28.9 Å². The lowest BCUT2D eigenvalue weighted by Gasteiger charge is -2.04. The van der Waals surface area contributed by atoms with E-state index in [9.17, 15) is 4.79 Å². The third-order valence-corrected chi connectivity index (χ3v) is 3.84. The van der Waals surface area contributed by atoms with Crippen LogP contribution in [-0.2, 0) is 11.2 Å². The molecule has 1 amide bonds. The molecule has 1 aliphatic carbocycles. The normalized spacial score (nSPS) is 14.1. The molecule has 4 heteroatoms. The maximum Gasteiger partial charge on any atom is 0.220 e. The summed E-state index contributed by atoms with van der Waals surface area (Å²) in [4.78, 5) is 11.8. The van der Waals surface area contributed by atoms with E-state index in [-0.39, 0.29) is 5.91 Å². The monoisotopic (exact) mass is 284 g/mol. The van der Waals surface area contributed by atoms with Crippen LogP contribution < -0.4 is 5.32 Å². The topological polar surface area (TPSA) is 55.1 Å². The molecule has 2 aromatic rings. The van der Waals surface area contributed by atoms with Crippen LogP contribution in [0.4, 0.5) is 0 Å². The second-order valence-corrected chi connectivity index (χ2v) is 5.81. The predicted octanol–water partition coefficient (Wildman–Crippen LogP) is 3.11. The Morgan fingerprint density at radius 1 is 1.43 bits per heavy atom. The van der Waals surface area contributed by atoms with E-state index in [0.29, 0.717) is 18.8 Å². The molecule has 1 heterocycles. The number of carbonyl (C=O) groups is 1. The van der Waals surface area contributed by atoms with Gasteiger partial charge >= 0.3 is 0 Å². The van der Waals surface area contributed by atoms with Crippen molar-refractivity contribution in [2.45, 2.75) is 32.6 Å². The summed E-state index contributed by atoms with van der Waals surface area (Å²) in [5.74, 6) is 0.825. The van der Waals surface area contributed by atoms with Gasteiger partial charge in [0.05, 0.1) is 0 Å². The van der Waals surface area contributed by atoms with Crippen molar-refractivity contribution in [2.24, 2.45) is 5.92 Å². The molecule has 1 N–H and O–H groups in total. The van der Waals surface area contributed by atoms with Crippen molar-refractivity contribution in [1.29, 1.82) is 0 Å². The second kappa shape index (κ2) is 6.12. The number of nitrogens with one attached hydrogen (secondary N) is 1. The number of amides is 1. The van der Waals surface area contributed by atoms with Gasteiger partial charge in [-0.25, -0.2) is 0 Å². The molecular formula is C17H20N2O2. The minimum atomic E-state index is 0.110. The van der Waals surface area contributed by atoms with Gasteiger partial charge in [0.2, 0.25) is 5.91 Å².